The molecule has 3 nitrogen and oxygen atoms in total. The molecule has 0 fully saturated rings. The highest BCUT2D eigenvalue weighted by atomic mass is 16.3. The minimum Gasteiger partial charge on any atom is -0.399 e. The predicted octanol–water partition coefficient (Wildman–Crippen LogP) is 0.863. The van der Waals surface area contributed by atoms with Crippen molar-refractivity contribution in [2.45, 2.75) is 6.42 Å². The molecule has 0 bridgehead atoms. The van der Waals surface area contributed by atoms with Gasteiger partial charge in [0.15, 0.2) is 0 Å². The lowest BCUT2D eigenvalue weighted by molar-refractivity contribution is 0.292. The normalized spacial score (nSPS) is 9.75. The standard InChI is InChI=1S/C9H13N2O/c10-8-2-4-9(5-3-8)11-6-1-7-12/h2-4,11-12H,1,6-7,10H2. The van der Waals surface area contributed by atoms with Crippen LogP contribution in [0.25, 0.3) is 0 Å². The number of hydrogen-bond donors (Lipinski definition) is 3. The molecule has 1 aromatic carbocycles. The summed E-state index contributed by atoms with van der Waals surface area (Å²) in [7, 11) is 0. The summed E-state index contributed by atoms with van der Waals surface area (Å²) < 4.78 is 0. The summed E-state index contributed by atoms with van der Waals surface area (Å²) in [5.41, 5.74) is 7.11. The van der Waals surface area contributed by atoms with Gasteiger partial charge in [-0.05, 0) is 24.6 Å². The van der Waals surface area contributed by atoms with E-state index in [0.717, 1.165) is 18.7 Å². The van der Waals surface area contributed by atoms with E-state index in [9.17, 15) is 0 Å². The Morgan fingerprint density at radius 2 is 2.33 bits per heavy atom. The Morgan fingerprint density at radius 1 is 1.50 bits per heavy atom. The molecule has 0 aliphatic carbocycles. The van der Waals surface area contributed by atoms with Gasteiger partial charge in [0.05, 0.1) is 0 Å². The second-order valence-electron chi connectivity index (χ2n) is 2.54. The molecule has 65 valence electrons. The van der Waals surface area contributed by atoms with E-state index in [4.69, 9.17) is 10.8 Å². The largest absolute Gasteiger partial charge is 0.399 e. The van der Waals surface area contributed by atoms with Crippen LogP contribution in [0.3, 0.4) is 0 Å². The van der Waals surface area contributed by atoms with Gasteiger partial charge in [0.2, 0.25) is 0 Å². The number of benzene rings is 1. The van der Waals surface area contributed by atoms with E-state index in [0.29, 0.717) is 5.69 Å². The molecule has 0 atom stereocenters. The van der Waals surface area contributed by atoms with Crippen LogP contribution in [0.15, 0.2) is 18.2 Å². The van der Waals surface area contributed by atoms with Crippen molar-refractivity contribution in [3.05, 3.63) is 24.3 Å². The van der Waals surface area contributed by atoms with Crippen LogP contribution in [0.4, 0.5) is 11.4 Å². The van der Waals surface area contributed by atoms with Crippen molar-refractivity contribution in [3.8, 4) is 0 Å². The average Bonchev–Trinajstić information content (AvgIpc) is 2.09. The molecule has 1 rings (SSSR count). The molecule has 0 aromatic heterocycles. The van der Waals surface area contributed by atoms with Crippen molar-refractivity contribution in [1.29, 1.82) is 0 Å². The second kappa shape index (κ2) is 4.62. The zero-order valence-electron chi connectivity index (χ0n) is 6.88. The Morgan fingerprint density at radius 3 is 2.92 bits per heavy atom. The van der Waals surface area contributed by atoms with Crippen LogP contribution < -0.4 is 11.1 Å². The van der Waals surface area contributed by atoms with Gasteiger partial charge in [0, 0.05) is 30.6 Å². The topological polar surface area (TPSA) is 58.3 Å². The van der Waals surface area contributed by atoms with Crippen LogP contribution in [0.2, 0.25) is 0 Å². The van der Waals surface area contributed by atoms with E-state index in [1.165, 1.54) is 0 Å². The van der Waals surface area contributed by atoms with Crippen molar-refractivity contribution in [2.75, 3.05) is 24.2 Å². The molecule has 0 aliphatic heterocycles. The molecule has 4 N–H and O–H groups in total. The number of nitrogens with two attached hydrogens (primary N) is 1. The molecule has 0 aliphatic rings. The van der Waals surface area contributed by atoms with Crippen molar-refractivity contribution >= 4 is 11.4 Å². The monoisotopic (exact) mass is 165 g/mol. The van der Waals surface area contributed by atoms with E-state index >= 15 is 0 Å². The molecule has 0 unspecified atom stereocenters. The van der Waals surface area contributed by atoms with Crippen LogP contribution in [0, 0.1) is 6.07 Å². The highest BCUT2D eigenvalue weighted by Crippen LogP contribution is 2.08. The number of rotatable bonds is 4. The van der Waals surface area contributed by atoms with Crippen molar-refractivity contribution in [3.63, 3.8) is 0 Å². The SMILES string of the molecule is Nc1c[c]c(NCCCO)cc1. The number of anilines is 2. The van der Waals surface area contributed by atoms with Gasteiger partial charge in [-0.2, -0.15) is 0 Å². The third-order valence-corrected chi connectivity index (χ3v) is 1.49. The summed E-state index contributed by atoms with van der Waals surface area (Å²) in [5, 5.41) is 11.6. The second-order valence-corrected chi connectivity index (χ2v) is 2.54. The fourth-order valence-corrected chi connectivity index (χ4v) is 0.849. The molecule has 0 spiro atoms. The van der Waals surface area contributed by atoms with E-state index in [1.54, 1.807) is 6.07 Å². The van der Waals surface area contributed by atoms with Crippen molar-refractivity contribution in [2.24, 2.45) is 0 Å². The summed E-state index contributed by atoms with van der Waals surface area (Å²) in [6.07, 6.45) is 0.748. The van der Waals surface area contributed by atoms with E-state index in [2.05, 4.69) is 11.4 Å². The molecule has 0 saturated carbocycles. The van der Waals surface area contributed by atoms with Gasteiger partial charge in [-0.25, -0.2) is 0 Å². The maximum absolute atomic E-state index is 8.52. The summed E-state index contributed by atoms with van der Waals surface area (Å²) in [5.74, 6) is 0. The highest BCUT2D eigenvalue weighted by molar-refractivity contribution is 5.49. The lowest BCUT2D eigenvalue weighted by atomic mass is 10.3. The quantitative estimate of drug-likeness (QED) is 0.458. The predicted molar refractivity (Wildman–Crippen MR) is 49.9 cm³/mol. The molecule has 1 aromatic rings. The maximum atomic E-state index is 8.52. The van der Waals surface area contributed by atoms with Gasteiger partial charge in [-0.15, -0.1) is 0 Å². The van der Waals surface area contributed by atoms with Gasteiger partial charge in [0.25, 0.3) is 0 Å². The first-order valence-electron chi connectivity index (χ1n) is 3.95. The molecule has 1 radical (unpaired) electrons. The number of aliphatic hydroxyl groups excluding tert-OH is 1. The van der Waals surface area contributed by atoms with Crippen molar-refractivity contribution in [1.82, 2.24) is 0 Å². The highest BCUT2D eigenvalue weighted by Gasteiger charge is 1.90. The zero-order chi connectivity index (χ0) is 8.81. The fourth-order valence-electron chi connectivity index (χ4n) is 0.849. The maximum Gasteiger partial charge on any atom is 0.0447 e. The van der Waals surface area contributed by atoms with Crippen LogP contribution in [-0.2, 0) is 0 Å². The number of aliphatic hydroxyl groups is 1. The molecule has 3 heteroatoms. The van der Waals surface area contributed by atoms with Gasteiger partial charge in [-0.1, -0.05) is 0 Å². The Balaban J connectivity index is 2.37. The van der Waals surface area contributed by atoms with Gasteiger partial charge < -0.3 is 16.2 Å². The molecule has 0 heterocycles. The molecular formula is C9H13N2O. The van der Waals surface area contributed by atoms with E-state index < -0.39 is 0 Å². The summed E-state index contributed by atoms with van der Waals surface area (Å²) in [4.78, 5) is 0. The number of nitrogens with one attached hydrogen (secondary N) is 1. The minimum absolute atomic E-state index is 0.210. The molecule has 12 heavy (non-hydrogen) atoms. The Labute approximate surface area is 72.2 Å². The summed E-state index contributed by atoms with van der Waals surface area (Å²) in [6.45, 7) is 0.971. The first-order valence-corrected chi connectivity index (χ1v) is 3.95. The lowest BCUT2D eigenvalue weighted by Crippen LogP contribution is -2.03. The Hall–Kier alpha value is -1.22. The van der Waals surface area contributed by atoms with Gasteiger partial charge in [0.1, 0.15) is 0 Å². The first kappa shape index (κ1) is 8.87. The molecule has 0 amide bonds. The first-order chi connectivity index (χ1) is 5.83. The average molecular weight is 165 g/mol. The van der Waals surface area contributed by atoms with Gasteiger partial charge >= 0.3 is 0 Å². The third-order valence-electron chi connectivity index (χ3n) is 1.49. The molecular weight excluding hydrogens is 152 g/mol. The van der Waals surface area contributed by atoms with Crippen LogP contribution in [0.1, 0.15) is 6.42 Å². The van der Waals surface area contributed by atoms with Crippen molar-refractivity contribution < 1.29 is 5.11 Å². The molecule has 0 saturated heterocycles. The fraction of sp³-hybridized carbons (Fsp3) is 0.333. The zero-order valence-corrected chi connectivity index (χ0v) is 6.88. The third kappa shape index (κ3) is 2.80. The number of hydrogen-bond acceptors (Lipinski definition) is 3. The number of nitrogen functional groups attached to an aromatic ring is 1. The summed E-state index contributed by atoms with van der Waals surface area (Å²) >= 11 is 0. The summed E-state index contributed by atoms with van der Waals surface area (Å²) in [6, 6.07) is 8.39. The smallest absolute Gasteiger partial charge is 0.0447 e. The minimum atomic E-state index is 0.210. The Bertz CT molecular complexity index is 220. The van der Waals surface area contributed by atoms with Crippen LogP contribution in [0.5, 0.6) is 0 Å². The van der Waals surface area contributed by atoms with E-state index in [-0.39, 0.29) is 6.61 Å². The Kier molecular flexibility index (Phi) is 3.41. The van der Waals surface area contributed by atoms with E-state index in [1.807, 2.05) is 12.1 Å². The van der Waals surface area contributed by atoms with Crippen LogP contribution in [-0.4, -0.2) is 18.3 Å². The van der Waals surface area contributed by atoms with Crippen LogP contribution >= 0.6 is 0 Å². The van der Waals surface area contributed by atoms with Gasteiger partial charge in [-0.3, -0.25) is 0 Å². The lowest BCUT2D eigenvalue weighted by Gasteiger charge is -2.03.